The first kappa shape index (κ1) is 16.0. The Morgan fingerprint density at radius 3 is 2.48 bits per heavy atom. The van der Waals surface area contributed by atoms with Crippen molar-refractivity contribution in [2.24, 2.45) is 5.73 Å². The van der Waals surface area contributed by atoms with E-state index in [0.29, 0.717) is 12.3 Å². The number of ether oxygens (including phenoxy) is 1. The number of nitrogens with two attached hydrogens (primary N) is 1. The van der Waals surface area contributed by atoms with E-state index in [4.69, 9.17) is 10.5 Å². The molecule has 0 saturated carbocycles. The maximum Gasteiger partial charge on any atom is 0.181 e. The molecule has 0 aromatic heterocycles. The second-order valence-electron chi connectivity index (χ2n) is 4.47. The lowest BCUT2D eigenvalue weighted by molar-refractivity contribution is 0.341. The van der Waals surface area contributed by atoms with Gasteiger partial charge in [-0.2, -0.15) is 0 Å². The molecule has 0 aliphatic heterocycles. The Bertz CT molecular complexity index is 699. The fourth-order valence-electron chi connectivity index (χ4n) is 1.78. The molecule has 6 heteroatoms. The van der Waals surface area contributed by atoms with Gasteiger partial charge >= 0.3 is 0 Å². The van der Waals surface area contributed by atoms with E-state index in [9.17, 15) is 8.42 Å². The summed E-state index contributed by atoms with van der Waals surface area (Å²) >= 11 is 3.33. The number of hydrogen-bond acceptors (Lipinski definition) is 4. The van der Waals surface area contributed by atoms with Crippen molar-refractivity contribution in [3.63, 3.8) is 0 Å². The molecule has 0 saturated heterocycles. The van der Waals surface area contributed by atoms with Gasteiger partial charge < -0.3 is 10.5 Å². The van der Waals surface area contributed by atoms with Crippen LogP contribution in [-0.4, -0.2) is 20.8 Å². The summed E-state index contributed by atoms with van der Waals surface area (Å²) < 4.78 is 30.8. The van der Waals surface area contributed by atoms with Gasteiger partial charge in [0, 0.05) is 11.0 Å². The zero-order valence-electron chi connectivity index (χ0n) is 11.3. The highest BCUT2D eigenvalue weighted by molar-refractivity contribution is 9.10. The molecule has 2 N–H and O–H groups in total. The Labute approximate surface area is 133 Å². The molecular weight excluding hydrogens is 354 g/mol. The fraction of sp³-hybridized carbons (Fsp3) is 0.200. The van der Waals surface area contributed by atoms with Crippen molar-refractivity contribution >= 4 is 25.8 Å². The molecule has 21 heavy (non-hydrogen) atoms. The molecule has 2 rings (SSSR count). The van der Waals surface area contributed by atoms with Crippen LogP contribution >= 0.6 is 15.9 Å². The van der Waals surface area contributed by atoms with Crippen LogP contribution in [0.25, 0.3) is 0 Å². The average molecular weight is 370 g/mol. The Morgan fingerprint density at radius 2 is 1.81 bits per heavy atom. The lowest BCUT2D eigenvalue weighted by Crippen LogP contribution is -2.14. The summed E-state index contributed by atoms with van der Waals surface area (Å²) in [4.78, 5) is 0.282. The van der Waals surface area contributed by atoms with Crippen LogP contribution in [-0.2, 0) is 16.4 Å². The van der Waals surface area contributed by atoms with Crippen LogP contribution in [0.3, 0.4) is 0 Å². The Hall–Kier alpha value is -1.37. The smallest absolute Gasteiger partial charge is 0.181 e. The van der Waals surface area contributed by atoms with Crippen LogP contribution in [0.1, 0.15) is 5.56 Å². The monoisotopic (exact) mass is 369 g/mol. The summed E-state index contributed by atoms with van der Waals surface area (Å²) in [6.07, 6.45) is 0. The molecule has 0 amide bonds. The van der Waals surface area contributed by atoms with Gasteiger partial charge in [-0.1, -0.05) is 28.1 Å². The van der Waals surface area contributed by atoms with Crippen molar-refractivity contribution in [2.75, 3.05) is 12.4 Å². The Balaban J connectivity index is 1.99. The van der Waals surface area contributed by atoms with Crippen molar-refractivity contribution in [2.45, 2.75) is 11.4 Å². The Kier molecular flexibility index (Phi) is 5.39. The third-order valence-electron chi connectivity index (χ3n) is 2.93. The van der Waals surface area contributed by atoms with Gasteiger partial charge in [0.2, 0.25) is 0 Å². The summed E-state index contributed by atoms with van der Waals surface area (Å²) in [5, 5.41) is 0. The molecule has 0 atom stereocenters. The van der Waals surface area contributed by atoms with Gasteiger partial charge in [-0.05, 0) is 42.0 Å². The molecule has 112 valence electrons. The maximum atomic E-state index is 12.2. The van der Waals surface area contributed by atoms with E-state index in [-0.39, 0.29) is 17.3 Å². The third-order valence-corrected chi connectivity index (χ3v) is 5.13. The van der Waals surface area contributed by atoms with Crippen LogP contribution in [0.5, 0.6) is 5.75 Å². The van der Waals surface area contributed by atoms with Crippen molar-refractivity contribution in [3.8, 4) is 5.75 Å². The molecule has 4 nitrogen and oxygen atoms in total. The van der Waals surface area contributed by atoms with Gasteiger partial charge in [0.05, 0.1) is 10.6 Å². The minimum Gasteiger partial charge on any atom is -0.493 e. The number of hydrogen-bond donors (Lipinski definition) is 1. The highest BCUT2D eigenvalue weighted by Gasteiger charge is 2.14. The predicted molar refractivity (Wildman–Crippen MR) is 86.0 cm³/mol. The molecular formula is C15H16BrNO3S. The molecule has 0 fully saturated rings. The van der Waals surface area contributed by atoms with Gasteiger partial charge in [0.25, 0.3) is 0 Å². The molecule has 0 spiro atoms. The minimum atomic E-state index is -3.36. The number of rotatable bonds is 6. The van der Waals surface area contributed by atoms with E-state index in [0.717, 1.165) is 10.0 Å². The molecule has 2 aromatic carbocycles. The lowest BCUT2D eigenvalue weighted by Gasteiger charge is -2.08. The van der Waals surface area contributed by atoms with Gasteiger partial charge in [0.15, 0.2) is 9.84 Å². The molecule has 0 aliphatic carbocycles. The predicted octanol–water partition coefficient (Wildman–Crippen LogP) is 2.76. The second-order valence-corrected chi connectivity index (χ2v) is 7.50. The molecule has 0 bridgehead atoms. The third kappa shape index (κ3) is 4.56. The van der Waals surface area contributed by atoms with Crippen molar-refractivity contribution in [1.82, 2.24) is 0 Å². The fourth-order valence-corrected chi connectivity index (χ4v) is 3.20. The van der Waals surface area contributed by atoms with Crippen molar-refractivity contribution < 1.29 is 13.2 Å². The van der Waals surface area contributed by atoms with Crippen LogP contribution in [0.4, 0.5) is 0 Å². The quantitative estimate of drug-likeness (QED) is 0.849. The number of sulfone groups is 1. The highest BCUT2D eigenvalue weighted by atomic mass is 79.9. The number of benzene rings is 2. The van der Waals surface area contributed by atoms with Crippen LogP contribution < -0.4 is 10.5 Å². The zero-order valence-corrected chi connectivity index (χ0v) is 13.7. The summed E-state index contributed by atoms with van der Waals surface area (Å²) in [6, 6.07) is 13.9. The summed E-state index contributed by atoms with van der Waals surface area (Å²) in [5.74, 6) is 0.570. The molecule has 0 unspecified atom stereocenters. The summed E-state index contributed by atoms with van der Waals surface area (Å²) in [5.41, 5.74) is 6.32. The first-order valence-corrected chi connectivity index (χ1v) is 8.86. The van der Waals surface area contributed by atoms with E-state index < -0.39 is 9.84 Å². The van der Waals surface area contributed by atoms with E-state index in [2.05, 4.69) is 15.9 Å². The van der Waals surface area contributed by atoms with Crippen LogP contribution in [0.2, 0.25) is 0 Å². The normalized spacial score (nSPS) is 11.3. The second kappa shape index (κ2) is 7.06. The maximum absolute atomic E-state index is 12.2. The molecule has 0 heterocycles. The van der Waals surface area contributed by atoms with E-state index >= 15 is 0 Å². The van der Waals surface area contributed by atoms with E-state index in [1.54, 1.807) is 36.4 Å². The van der Waals surface area contributed by atoms with Gasteiger partial charge in [-0.3, -0.25) is 0 Å². The molecule has 0 aliphatic rings. The van der Waals surface area contributed by atoms with Crippen LogP contribution in [0, 0.1) is 0 Å². The van der Waals surface area contributed by atoms with Crippen LogP contribution in [0.15, 0.2) is 57.9 Å². The van der Waals surface area contributed by atoms with Gasteiger partial charge in [-0.15, -0.1) is 0 Å². The lowest BCUT2D eigenvalue weighted by atomic mass is 10.2. The SMILES string of the molecule is NCc1cccc(S(=O)(=O)CCOc2ccc(Br)cc2)c1. The van der Waals surface area contributed by atoms with Crippen molar-refractivity contribution in [3.05, 3.63) is 58.6 Å². The molecule has 2 aromatic rings. The standard InChI is InChI=1S/C15H16BrNO3S/c16-13-4-6-14(7-5-13)20-8-9-21(18,19)15-3-1-2-12(10-15)11-17/h1-7,10H,8-9,11,17H2. The highest BCUT2D eigenvalue weighted by Crippen LogP contribution is 2.17. The first-order chi connectivity index (χ1) is 10.0. The summed E-state index contributed by atoms with van der Waals surface area (Å²) in [7, 11) is -3.36. The molecule has 0 radical (unpaired) electrons. The Morgan fingerprint density at radius 1 is 1.10 bits per heavy atom. The van der Waals surface area contributed by atoms with Gasteiger partial charge in [0.1, 0.15) is 12.4 Å². The largest absolute Gasteiger partial charge is 0.493 e. The number of halogens is 1. The first-order valence-electron chi connectivity index (χ1n) is 6.41. The average Bonchev–Trinajstić information content (AvgIpc) is 2.49. The summed E-state index contributed by atoms with van der Waals surface area (Å²) in [6.45, 7) is 0.426. The van der Waals surface area contributed by atoms with E-state index in [1.807, 2.05) is 12.1 Å². The topological polar surface area (TPSA) is 69.4 Å². The zero-order chi connectivity index (χ0) is 15.3. The van der Waals surface area contributed by atoms with Crippen molar-refractivity contribution in [1.29, 1.82) is 0 Å². The minimum absolute atomic E-state index is 0.0723. The van der Waals surface area contributed by atoms with E-state index in [1.165, 1.54) is 0 Å². The van der Waals surface area contributed by atoms with Gasteiger partial charge in [-0.25, -0.2) is 8.42 Å².